The van der Waals surface area contributed by atoms with E-state index in [2.05, 4.69) is 15.9 Å². The quantitative estimate of drug-likeness (QED) is 0.594. The molecule has 1 rings (SSSR count). The number of unbranched alkanes of at least 4 members (excludes halogenated alkanes) is 1. The lowest BCUT2D eigenvalue weighted by molar-refractivity contribution is -0.142. The molecule has 0 fully saturated rings. The van der Waals surface area contributed by atoms with Crippen molar-refractivity contribution in [1.82, 2.24) is 0 Å². The lowest BCUT2D eigenvalue weighted by Gasteiger charge is -2.14. The van der Waals surface area contributed by atoms with Crippen LogP contribution in [0.15, 0.2) is 16.6 Å². The molecular formula is C13H16BrF2NO2. The molecule has 0 heterocycles. The first-order valence-corrected chi connectivity index (χ1v) is 6.82. The minimum Gasteiger partial charge on any atom is -0.481 e. The Kier molecular flexibility index (Phi) is 6.37. The number of halogens is 3. The zero-order valence-electron chi connectivity index (χ0n) is 10.3. The summed E-state index contributed by atoms with van der Waals surface area (Å²) in [6.07, 6.45) is 1.53. The summed E-state index contributed by atoms with van der Waals surface area (Å²) < 4.78 is 27.5. The van der Waals surface area contributed by atoms with E-state index in [1.165, 1.54) is 6.07 Å². The second kappa shape index (κ2) is 7.55. The van der Waals surface area contributed by atoms with E-state index >= 15 is 0 Å². The largest absolute Gasteiger partial charge is 0.481 e. The summed E-state index contributed by atoms with van der Waals surface area (Å²) in [5, 5.41) is 9.10. The molecule has 0 aliphatic carbocycles. The first-order valence-electron chi connectivity index (χ1n) is 6.02. The number of carbonyl (C=O) groups is 1. The van der Waals surface area contributed by atoms with E-state index in [-0.39, 0.29) is 16.5 Å². The molecule has 3 N–H and O–H groups in total. The highest BCUT2D eigenvalue weighted by Crippen LogP contribution is 2.25. The Morgan fingerprint density at radius 2 is 2.05 bits per heavy atom. The fraction of sp³-hybridized carbons (Fsp3) is 0.462. The zero-order chi connectivity index (χ0) is 14.4. The van der Waals surface area contributed by atoms with Crippen molar-refractivity contribution >= 4 is 21.9 Å². The molecule has 106 valence electrons. The Bertz CT molecular complexity index is 455. The van der Waals surface area contributed by atoms with E-state index < -0.39 is 23.5 Å². The highest BCUT2D eigenvalue weighted by molar-refractivity contribution is 9.10. The van der Waals surface area contributed by atoms with Gasteiger partial charge in [0.25, 0.3) is 0 Å². The molecule has 0 aromatic heterocycles. The number of benzene rings is 1. The molecule has 0 radical (unpaired) electrons. The number of aliphatic carboxylic acids is 1. The highest BCUT2D eigenvalue weighted by atomic mass is 79.9. The van der Waals surface area contributed by atoms with Gasteiger partial charge in [0.2, 0.25) is 0 Å². The Hall–Kier alpha value is -1.01. The van der Waals surface area contributed by atoms with Crippen LogP contribution in [0.1, 0.15) is 24.8 Å². The normalized spacial score (nSPS) is 12.4. The Morgan fingerprint density at radius 1 is 1.37 bits per heavy atom. The molecule has 0 saturated heterocycles. The second-order valence-electron chi connectivity index (χ2n) is 4.35. The third-order valence-electron chi connectivity index (χ3n) is 2.95. The number of hydrogen-bond acceptors (Lipinski definition) is 2. The minimum absolute atomic E-state index is 0.134. The zero-order valence-corrected chi connectivity index (χ0v) is 11.9. The topological polar surface area (TPSA) is 63.3 Å². The summed E-state index contributed by atoms with van der Waals surface area (Å²) in [6, 6.07) is 2.39. The summed E-state index contributed by atoms with van der Waals surface area (Å²) in [6.45, 7) is 0.478. The van der Waals surface area contributed by atoms with Crippen LogP contribution in [0, 0.1) is 17.6 Å². The number of rotatable bonds is 7. The molecule has 1 atom stereocenters. The smallest absolute Gasteiger partial charge is 0.306 e. The number of hydrogen-bond donors (Lipinski definition) is 2. The molecular weight excluding hydrogens is 320 g/mol. The molecule has 6 heteroatoms. The van der Waals surface area contributed by atoms with Crippen molar-refractivity contribution in [3.8, 4) is 0 Å². The summed E-state index contributed by atoms with van der Waals surface area (Å²) >= 11 is 2.97. The third-order valence-corrected chi connectivity index (χ3v) is 3.56. The van der Waals surface area contributed by atoms with E-state index in [0.29, 0.717) is 25.8 Å². The van der Waals surface area contributed by atoms with Gasteiger partial charge in [-0.25, -0.2) is 8.78 Å². The fourth-order valence-electron chi connectivity index (χ4n) is 1.85. The maximum atomic E-state index is 13.8. The van der Waals surface area contributed by atoms with Crippen LogP contribution in [0.5, 0.6) is 0 Å². The first-order chi connectivity index (χ1) is 8.97. The van der Waals surface area contributed by atoms with Gasteiger partial charge < -0.3 is 10.8 Å². The van der Waals surface area contributed by atoms with Gasteiger partial charge in [-0.2, -0.15) is 0 Å². The van der Waals surface area contributed by atoms with Crippen molar-refractivity contribution in [1.29, 1.82) is 0 Å². The van der Waals surface area contributed by atoms with E-state index in [9.17, 15) is 13.6 Å². The van der Waals surface area contributed by atoms with Gasteiger partial charge in [0.05, 0.1) is 10.4 Å². The molecule has 1 unspecified atom stereocenters. The maximum Gasteiger partial charge on any atom is 0.306 e. The van der Waals surface area contributed by atoms with Gasteiger partial charge in [-0.05, 0) is 53.9 Å². The summed E-state index contributed by atoms with van der Waals surface area (Å²) in [5.74, 6) is -3.29. The maximum absolute atomic E-state index is 13.8. The highest BCUT2D eigenvalue weighted by Gasteiger charge is 2.22. The Morgan fingerprint density at radius 3 is 2.63 bits per heavy atom. The molecule has 0 bridgehead atoms. The van der Waals surface area contributed by atoms with Crippen molar-refractivity contribution in [3.05, 3.63) is 33.8 Å². The van der Waals surface area contributed by atoms with Gasteiger partial charge in [0, 0.05) is 5.56 Å². The molecule has 0 amide bonds. The lowest BCUT2D eigenvalue weighted by atomic mass is 9.93. The third kappa shape index (κ3) is 4.54. The van der Waals surface area contributed by atoms with Crippen LogP contribution in [0.3, 0.4) is 0 Å². The van der Waals surface area contributed by atoms with Crippen LogP contribution in [0.2, 0.25) is 0 Å². The van der Waals surface area contributed by atoms with Gasteiger partial charge in [-0.3, -0.25) is 4.79 Å². The molecule has 1 aromatic carbocycles. The number of carboxylic acid groups (broad SMARTS) is 1. The minimum atomic E-state index is -1.05. The van der Waals surface area contributed by atoms with Crippen LogP contribution < -0.4 is 5.73 Å². The molecule has 0 saturated carbocycles. The van der Waals surface area contributed by atoms with E-state index in [1.54, 1.807) is 0 Å². The molecule has 1 aromatic rings. The average molecular weight is 336 g/mol. The molecule has 0 aliphatic rings. The van der Waals surface area contributed by atoms with Gasteiger partial charge in [-0.15, -0.1) is 0 Å². The summed E-state index contributed by atoms with van der Waals surface area (Å²) in [4.78, 5) is 11.1. The SMILES string of the molecule is NCCCCC(Cc1c(F)ccc(Br)c1F)C(=O)O. The van der Waals surface area contributed by atoms with Crippen LogP contribution in [-0.2, 0) is 11.2 Å². The Balaban J connectivity index is 2.85. The summed E-state index contributed by atoms with van der Waals surface area (Å²) in [7, 11) is 0. The Labute approximate surface area is 118 Å². The van der Waals surface area contributed by atoms with Gasteiger partial charge in [0.15, 0.2) is 0 Å². The average Bonchev–Trinajstić information content (AvgIpc) is 2.37. The summed E-state index contributed by atoms with van der Waals surface area (Å²) in [5.41, 5.74) is 5.15. The van der Waals surface area contributed by atoms with Gasteiger partial charge >= 0.3 is 5.97 Å². The van der Waals surface area contributed by atoms with Crippen LogP contribution in [-0.4, -0.2) is 17.6 Å². The van der Waals surface area contributed by atoms with Crippen molar-refractivity contribution in [3.63, 3.8) is 0 Å². The first kappa shape index (κ1) is 16.0. The monoisotopic (exact) mass is 335 g/mol. The van der Waals surface area contributed by atoms with Crippen molar-refractivity contribution in [2.75, 3.05) is 6.54 Å². The van der Waals surface area contributed by atoms with Crippen LogP contribution in [0.25, 0.3) is 0 Å². The predicted molar refractivity (Wildman–Crippen MR) is 71.8 cm³/mol. The van der Waals surface area contributed by atoms with Crippen molar-refractivity contribution in [2.45, 2.75) is 25.7 Å². The van der Waals surface area contributed by atoms with Crippen LogP contribution in [0.4, 0.5) is 8.78 Å². The molecule has 0 spiro atoms. The molecule has 0 aliphatic heterocycles. The van der Waals surface area contributed by atoms with E-state index in [0.717, 1.165) is 6.07 Å². The van der Waals surface area contributed by atoms with E-state index in [4.69, 9.17) is 10.8 Å². The standard InChI is InChI=1S/C13H16BrF2NO2/c14-10-4-5-11(15)9(12(10)16)7-8(13(18)19)3-1-2-6-17/h4-5,8H,1-3,6-7,17H2,(H,18,19). The van der Waals surface area contributed by atoms with Crippen LogP contribution >= 0.6 is 15.9 Å². The fourth-order valence-corrected chi connectivity index (χ4v) is 2.22. The van der Waals surface area contributed by atoms with Crippen molar-refractivity contribution in [2.24, 2.45) is 11.7 Å². The number of nitrogens with two attached hydrogens (primary N) is 1. The van der Waals surface area contributed by atoms with Crippen molar-refractivity contribution < 1.29 is 18.7 Å². The van der Waals surface area contributed by atoms with Gasteiger partial charge in [0.1, 0.15) is 11.6 Å². The van der Waals surface area contributed by atoms with Gasteiger partial charge in [-0.1, -0.05) is 6.42 Å². The number of carboxylic acids is 1. The second-order valence-corrected chi connectivity index (χ2v) is 5.20. The lowest BCUT2D eigenvalue weighted by Crippen LogP contribution is -2.18. The van der Waals surface area contributed by atoms with E-state index in [1.807, 2.05) is 0 Å². The predicted octanol–water partition coefficient (Wildman–Crippen LogP) is 3.10. The molecule has 3 nitrogen and oxygen atoms in total. The molecule has 19 heavy (non-hydrogen) atoms.